The van der Waals surface area contributed by atoms with E-state index in [1.54, 1.807) is 12.1 Å². The van der Waals surface area contributed by atoms with Gasteiger partial charge in [0.2, 0.25) is 0 Å². The molecule has 0 aliphatic carbocycles. The van der Waals surface area contributed by atoms with Crippen molar-refractivity contribution in [3.8, 4) is 11.3 Å². The minimum absolute atomic E-state index is 0.181. The minimum atomic E-state index is -0.181. The molecule has 0 atom stereocenters. The average Bonchev–Trinajstić information content (AvgIpc) is 3.36. The summed E-state index contributed by atoms with van der Waals surface area (Å²) in [5.74, 6) is 0.415. The maximum absolute atomic E-state index is 12.1. The molecule has 1 fully saturated rings. The summed E-state index contributed by atoms with van der Waals surface area (Å²) in [4.78, 5) is 14.9. The molecule has 3 aromatic rings. The van der Waals surface area contributed by atoms with Gasteiger partial charge >= 0.3 is 0 Å². The predicted molar refractivity (Wildman–Crippen MR) is 105 cm³/mol. The Bertz CT molecular complexity index is 916. The number of hydrogen-bond acceptors (Lipinski definition) is 6. The van der Waals surface area contributed by atoms with Gasteiger partial charge in [-0.1, -0.05) is 28.9 Å². The highest BCUT2D eigenvalue weighted by Crippen LogP contribution is 2.24. The van der Waals surface area contributed by atoms with E-state index in [0.717, 1.165) is 37.6 Å². The number of carbonyl (C=O) groups is 1. The van der Waals surface area contributed by atoms with Crippen molar-refractivity contribution >= 4 is 34.5 Å². The molecule has 8 heteroatoms. The fraction of sp³-hybridized carbons (Fsp3) is 0.263. The Labute approximate surface area is 165 Å². The Balaban J connectivity index is 1.37. The maximum Gasteiger partial charge on any atom is 0.261 e. The molecule has 4 rings (SSSR count). The van der Waals surface area contributed by atoms with Crippen LogP contribution in [0.4, 0.5) is 5.69 Å². The Kier molecular flexibility index (Phi) is 5.42. The normalized spacial score (nSPS) is 14.3. The van der Waals surface area contributed by atoms with Crippen molar-refractivity contribution in [3.63, 3.8) is 0 Å². The van der Waals surface area contributed by atoms with E-state index in [2.05, 4.69) is 27.5 Å². The van der Waals surface area contributed by atoms with E-state index < -0.39 is 0 Å². The van der Waals surface area contributed by atoms with Crippen LogP contribution in [0.25, 0.3) is 11.3 Å². The van der Waals surface area contributed by atoms with E-state index in [0.29, 0.717) is 15.0 Å². The van der Waals surface area contributed by atoms with Gasteiger partial charge in [-0.15, -0.1) is 11.3 Å². The molecule has 1 saturated heterocycles. The summed E-state index contributed by atoms with van der Waals surface area (Å²) in [5.41, 5.74) is 2.89. The summed E-state index contributed by atoms with van der Waals surface area (Å²) in [6, 6.07) is 13.5. The van der Waals surface area contributed by atoms with Gasteiger partial charge in [0, 0.05) is 30.4 Å². The summed E-state index contributed by atoms with van der Waals surface area (Å²) in [6.45, 7) is 3.61. The van der Waals surface area contributed by atoms with Crippen LogP contribution < -0.4 is 10.2 Å². The first-order valence-corrected chi connectivity index (χ1v) is 9.81. The van der Waals surface area contributed by atoms with E-state index in [9.17, 15) is 4.79 Å². The quantitative estimate of drug-likeness (QED) is 0.701. The van der Waals surface area contributed by atoms with Crippen molar-refractivity contribution in [2.75, 3.05) is 31.2 Å². The molecule has 0 saturated carbocycles. The Morgan fingerprint density at radius 1 is 1.19 bits per heavy atom. The smallest absolute Gasteiger partial charge is 0.261 e. The van der Waals surface area contributed by atoms with Crippen LogP contribution in [0.1, 0.15) is 15.4 Å². The molecule has 140 valence electrons. The summed E-state index contributed by atoms with van der Waals surface area (Å²) < 4.78 is 11.3. The molecule has 0 unspecified atom stereocenters. The number of anilines is 1. The summed E-state index contributed by atoms with van der Waals surface area (Å²) in [5, 5.41) is 6.91. The molecular formula is C19H18ClN3O3S. The highest BCUT2D eigenvalue weighted by atomic mass is 35.5. The third-order valence-electron chi connectivity index (χ3n) is 4.32. The standard InChI is InChI=1S/C19H18ClN3O3S/c20-18-6-5-17(27-18)19(24)21-12-15-11-16(22-26-15)13-1-3-14(4-2-13)23-7-9-25-10-8-23/h1-6,11H,7-10,12H2,(H,21,24). The Morgan fingerprint density at radius 2 is 1.96 bits per heavy atom. The third kappa shape index (κ3) is 4.32. The second-order valence-corrected chi connectivity index (χ2v) is 7.83. The van der Waals surface area contributed by atoms with Crippen LogP contribution in [-0.4, -0.2) is 37.4 Å². The number of benzene rings is 1. The molecule has 1 N–H and O–H groups in total. The van der Waals surface area contributed by atoms with Crippen LogP contribution in [0.5, 0.6) is 0 Å². The van der Waals surface area contributed by atoms with Crippen LogP contribution in [0, 0.1) is 0 Å². The van der Waals surface area contributed by atoms with Gasteiger partial charge in [-0.3, -0.25) is 4.79 Å². The highest BCUT2D eigenvalue weighted by molar-refractivity contribution is 7.17. The van der Waals surface area contributed by atoms with Crippen molar-refractivity contribution in [1.29, 1.82) is 0 Å². The molecule has 6 nitrogen and oxygen atoms in total. The zero-order valence-electron chi connectivity index (χ0n) is 14.5. The number of morpholine rings is 1. The van der Waals surface area contributed by atoms with Gasteiger partial charge in [0.1, 0.15) is 5.69 Å². The largest absolute Gasteiger partial charge is 0.378 e. The van der Waals surface area contributed by atoms with E-state index in [1.165, 1.54) is 17.0 Å². The Morgan fingerprint density at radius 3 is 2.67 bits per heavy atom. The molecule has 27 heavy (non-hydrogen) atoms. The fourth-order valence-corrected chi connectivity index (χ4v) is 3.85. The molecule has 0 bridgehead atoms. The number of ether oxygens (including phenoxy) is 1. The molecule has 1 aliphatic heterocycles. The van der Waals surface area contributed by atoms with Crippen LogP contribution in [0.15, 0.2) is 47.0 Å². The van der Waals surface area contributed by atoms with E-state index in [1.807, 2.05) is 18.2 Å². The molecule has 1 aromatic carbocycles. The SMILES string of the molecule is O=C(NCc1cc(-c2ccc(N3CCOCC3)cc2)no1)c1ccc(Cl)s1. The lowest BCUT2D eigenvalue weighted by molar-refractivity contribution is 0.0951. The van der Waals surface area contributed by atoms with Gasteiger partial charge in [0.25, 0.3) is 5.91 Å². The number of amides is 1. The summed E-state index contributed by atoms with van der Waals surface area (Å²) >= 11 is 7.10. The first-order valence-electron chi connectivity index (χ1n) is 8.61. The number of hydrogen-bond donors (Lipinski definition) is 1. The first-order chi connectivity index (χ1) is 13.2. The average molecular weight is 404 g/mol. The van der Waals surface area contributed by atoms with Gasteiger partial charge in [-0.25, -0.2) is 0 Å². The highest BCUT2D eigenvalue weighted by Gasteiger charge is 2.13. The van der Waals surface area contributed by atoms with Gasteiger partial charge in [0.15, 0.2) is 5.76 Å². The van der Waals surface area contributed by atoms with Crippen LogP contribution in [0.3, 0.4) is 0 Å². The zero-order valence-corrected chi connectivity index (χ0v) is 16.1. The first kappa shape index (κ1) is 18.0. The van der Waals surface area contributed by atoms with Gasteiger partial charge in [-0.2, -0.15) is 0 Å². The third-order valence-corrected chi connectivity index (χ3v) is 5.55. The van der Waals surface area contributed by atoms with Crippen molar-refractivity contribution < 1.29 is 14.1 Å². The maximum atomic E-state index is 12.1. The minimum Gasteiger partial charge on any atom is -0.378 e. The fourth-order valence-electron chi connectivity index (χ4n) is 2.89. The number of thiophene rings is 1. The summed E-state index contributed by atoms with van der Waals surface area (Å²) in [6.07, 6.45) is 0. The van der Waals surface area contributed by atoms with E-state index >= 15 is 0 Å². The number of halogens is 1. The van der Waals surface area contributed by atoms with Crippen molar-refractivity contribution in [2.45, 2.75) is 6.54 Å². The molecule has 1 amide bonds. The lowest BCUT2D eigenvalue weighted by Gasteiger charge is -2.28. The lowest BCUT2D eigenvalue weighted by Crippen LogP contribution is -2.36. The lowest BCUT2D eigenvalue weighted by atomic mass is 10.1. The Hall–Kier alpha value is -2.35. The van der Waals surface area contributed by atoms with Crippen LogP contribution in [0.2, 0.25) is 4.34 Å². The zero-order chi connectivity index (χ0) is 18.6. The molecule has 3 heterocycles. The van der Waals surface area contributed by atoms with E-state index in [-0.39, 0.29) is 12.5 Å². The second kappa shape index (κ2) is 8.12. The van der Waals surface area contributed by atoms with Crippen LogP contribution in [-0.2, 0) is 11.3 Å². The molecule has 1 aliphatic rings. The van der Waals surface area contributed by atoms with E-state index in [4.69, 9.17) is 20.9 Å². The molecule has 0 radical (unpaired) electrons. The monoisotopic (exact) mass is 403 g/mol. The van der Waals surface area contributed by atoms with Gasteiger partial charge in [-0.05, 0) is 24.3 Å². The molecule has 2 aromatic heterocycles. The number of rotatable bonds is 5. The topological polar surface area (TPSA) is 67.6 Å². The van der Waals surface area contributed by atoms with Gasteiger partial charge in [0.05, 0.1) is 29.0 Å². The predicted octanol–water partition coefficient (Wildman–Crippen LogP) is 3.82. The van der Waals surface area contributed by atoms with Crippen molar-refractivity contribution in [1.82, 2.24) is 10.5 Å². The van der Waals surface area contributed by atoms with Crippen molar-refractivity contribution in [3.05, 3.63) is 57.4 Å². The number of aromatic nitrogens is 1. The molecule has 0 spiro atoms. The summed E-state index contributed by atoms with van der Waals surface area (Å²) in [7, 11) is 0. The molecular weight excluding hydrogens is 386 g/mol. The van der Waals surface area contributed by atoms with Crippen LogP contribution >= 0.6 is 22.9 Å². The van der Waals surface area contributed by atoms with Crippen molar-refractivity contribution in [2.24, 2.45) is 0 Å². The second-order valence-electron chi connectivity index (χ2n) is 6.11. The number of nitrogens with one attached hydrogen (secondary N) is 1. The number of carbonyl (C=O) groups excluding carboxylic acids is 1. The van der Waals surface area contributed by atoms with Gasteiger partial charge < -0.3 is 19.5 Å². The number of nitrogens with zero attached hydrogens (tertiary/aromatic N) is 2.